The van der Waals surface area contributed by atoms with E-state index in [1.54, 1.807) is 35.6 Å². The number of hydrogen-bond donors (Lipinski definition) is 0. The summed E-state index contributed by atoms with van der Waals surface area (Å²) in [5.41, 5.74) is 1.21. The topological polar surface area (TPSA) is 107 Å². The fourth-order valence-electron chi connectivity index (χ4n) is 5.11. The summed E-state index contributed by atoms with van der Waals surface area (Å²) in [7, 11) is -0.436. The van der Waals surface area contributed by atoms with E-state index in [-0.39, 0.29) is 35.0 Å². The zero-order valence-corrected chi connectivity index (χ0v) is 21.2. The monoisotopic (exact) mass is 517 g/mol. The Labute approximate surface area is 207 Å². The Balaban J connectivity index is 1.79. The zero-order chi connectivity index (χ0) is 25.8. The first-order chi connectivity index (χ1) is 17.1. The highest BCUT2D eigenvalue weighted by molar-refractivity contribution is 7.89. The lowest BCUT2D eigenvalue weighted by atomic mass is 10.1. The second kappa shape index (κ2) is 9.00. The molecule has 0 aliphatic carbocycles. The lowest BCUT2D eigenvalue weighted by Crippen LogP contribution is -2.41. The average molecular weight is 518 g/mol. The molecule has 1 unspecified atom stereocenters. The van der Waals surface area contributed by atoms with Crippen molar-refractivity contribution in [3.05, 3.63) is 57.4 Å². The maximum absolute atomic E-state index is 13.7. The molecule has 0 radical (unpaired) electrons. The molecular weight excluding hydrogens is 489 g/mol. The van der Waals surface area contributed by atoms with Crippen LogP contribution in [0.15, 0.2) is 29.1 Å². The van der Waals surface area contributed by atoms with Gasteiger partial charge in [-0.1, -0.05) is 12.1 Å². The molecular formula is C24H28FN5O5S. The van der Waals surface area contributed by atoms with Crippen LogP contribution in [0.1, 0.15) is 47.6 Å². The van der Waals surface area contributed by atoms with Crippen molar-refractivity contribution in [3.8, 4) is 5.75 Å². The minimum atomic E-state index is -3.52. The summed E-state index contributed by atoms with van der Waals surface area (Å²) in [5, 5.41) is 4.85. The molecule has 0 spiro atoms. The van der Waals surface area contributed by atoms with Gasteiger partial charge in [-0.2, -0.15) is 9.40 Å². The van der Waals surface area contributed by atoms with E-state index in [0.717, 1.165) is 6.42 Å². The van der Waals surface area contributed by atoms with E-state index in [4.69, 9.17) is 4.74 Å². The molecule has 192 valence electrons. The Morgan fingerprint density at radius 1 is 1.11 bits per heavy atom. The number of sulfonamides is 1. The van der Waals surface area contributed by atoms with Crippen molar-refractivity contribution in [2.75, 3.05) is 33.0 Å². The van der Waals surface area contributed by atoms with Gasteiger partial charge in [-0.05, 0) is 37.5 Å². The Morgan fingerprint density at radius 3 is 2.50 bits per heavy atom. The minimum Gasteiger partial charge on any atom is -0.493 e. The number of rotatable bonds is 5. The van der Waals surface area contributed by atoms with Crippen LogP contribution in [0.4, 0.5) is 4.39 Å². The molecule has 1 aromatic carbocycles. The molecule has 0 bridgehead atoms. The lowest BCUT2D eigenvalue weighted by Gasteiger charge is -2.32. The Morgan fingerprint density at radius 2 is 1.83 bits per heavy atom. The smallest absolute Gasteiger partial charge is 0.280 e. The third kappa shape index (κ3) is 3.88. The van der Waals surface area contributed by atoms with Gasteiger partial charge >= 0.3 is 0 Å². The van der Waals surface area contributed by atoms with Crippen LogP contribution in [0.2, 0.25) is 0 Å². The van der Waals surface area contributed by atoms with Crippen molar-refractivity contribution in [2.24, 2.45) is 0 Å². The second-order valence-corrected chi connectivity index (χ2v) is 11.3. The van der Waals surface area contributed by atoms with Gasteiger partial charge in [0.25, 0.3) is 11.5 Å². The molecule has 1 amide bonds. The quantitative estimate of drug-likeness (QED) is 0.512. The van der Waals surface area contributed by atoms with Gasteiger partial charge in [-0.25, -0.2) is 17.5 Å². The van der Waals surface area contributed by atoms with Crippen molar-refractivity contribution >= 4 is 26.8 Å². The van der Waals surface area contributed by atoms with Gasteiger partial charge in [0.2, 0.25) is 10.0 Å². The number of methoxy groups -OCH3 is 1. The molecule has 1 saturated heterocycles. The number of benzene rings is 1. The highest BCUT2D eigenvalue weighted by Gasteiger charge is 2.38. The SMILES string of the molecule is COc1c2n(c3c(C(C)N4CCCCS4(=O)=O)nn(Cc4ccc(F)cc4)c(=O)c13)CCN(C)C2=O. The predicted octanol–water partition coefficient (Wildman–Crippen LogP) is 1.97. The molecule has 2 aliphatic rings. The zero-order valence-electron chi connectivity index (χ0n) is 20.4. The van der Waals surface area contributed by atoms with Crippen LogP contribution in [0.25, 0.3) is 10.9 Å². The lowest BCUT2D eigenvalue weighted by molar-refractivity contribution is 0.0746. The number of halogens is 1. The second-order valence-electron chi connectivity index (χ2n) is 9.27. The van der Waals surface area contributed by atoms with E-state index in [1.165, 1.54) is 28.2 Å². The van der Waals surface area contributed by atoms with Gasteiger partial charge in [-0.3, -0.25) is 9.59 Å². The van der Waals surface area contributed by atoms with E-state index in [1.807, 2.05) is 0 Å². The van der Waals surface area contributed by atoms with E-state index in [0.29, 0.717) is 42.8 Å². The number of carbonyl (C=O) groups excluding carboxylic acids is 1. The van der Waals surface area contributed by atoms with Crippen LogP contribution in [-0.4, -0.2) is 70.9 Å². The highest BCUT2D eigenvalue weighted by Crippen LogP contribution is 2.38. The van der Waals surface area contributed by atoms with Crippen molar-refractivity contribution in [1.82, 2.24) is 23.6 Å². The van der Waals surface area contributed by atoms with Gasteiger partial charge in [-0.15, -0.1) is 0 Å². The van der Waals surface area contributed by atoms with Crippen LogP contribution in [0, 0.1) is 5.82 Å². The van der Waals surface area contributed by atoms with Gasteiger partial charge in [0.05, 0.1) is 31.0 Å². The number of hydrogen-bond acceptors (Lipinski definition) is 6. The fraction of sp³-hybridized carbons (Fsp3) is 0.458. The first kappa shape index (κ1) is 24.4. The third-order valence-electron chi connectivity index (χ3n) is 7.01. The molecule has 2 aromatic heterocycles. The molecule has 4 heterocycles. The summed E-state index contributed by atoms with van der Waals surface area (Å²) in [5.74, 6) is -0.488. The van der Waals surface area contributed by atoms with Crippen LogP contribution in [0.5, 0.6) is 5.75 Å². The molecule has 1 fully saturated rings. The highest BCUT2D eigenvalue weighted by atomic mass is 32.2. The predicted molar refractivity (Wildman–Crippen MR) is 131 cm³/mol. The Bertz CT molecular complexity index is 1510. The minimum absolute atomic E-state index is 0.0407. The molecule has 0 saturated carbocycles. The van der Waals surface area contributed by atoms with Crippen molar-refractivity contribution in [1.29, 1.82) is 0 Å². The summed E-state index contributed by atoms with van der Waals surface area (Å²) in [6.45, 7) is 2.97. The standard InChI is InChI=1S/C24H28FN5O5S/c1-15(30-10-4-5-13-36(30,33)34)19-20-18(22(35-3)21-24(32)27(2)11-12-28(20)21)23(31)29(26-19)14-16-6-8-17(25)9-7-16/h6-9,15H,4-5,10-14H2,1-3H3. The number of amides is 1. The molecule has 1 atom stereocenters. The number of ether oxygens (including phenoxy) is 1. The number of aromatic nitrogens is 3. The number of likely N-dealkylation sites (N-methyl/N-ethyl adjacent to an activating group) is 1. The summed E-state index contributed by atoms with van der Waals surface area (Å²) < 4.78 is 49.4. The largest absolute Gasteiger partial charge is 0.493 e. The van der Waals surface area contributed by atoms with Crippen molar-refractivity contribution in [2.45, 2.75) is 38.9 Å². The molecule has 2 aliphatic heterocycles. The Hall–Kier alpha value is -3.25. The van der Waals surface area contributed by atoms with Gasteiger partial charge in [0, 0.05) is 26.7 Å². The molecule has 3 aromatic rings. The number of nitrogens with zero attached hydrogens (tertiary/aromatic N) is 5. The van der Waals surface area contributed by atoms with Crippen LogP contribution in [0.3, 0.4) is 0 Å². The van der Waals surface area contributed by atoms with E-state index >= 15 is 0 Å². The van der Waals surface area contributed by atoms with Gasteiger partial charge in [0.1, 0.15) is 16.9 Å². The molecule has 12 heteroatoms. The van der Waals surface area contributed by atoms with E-state index in [9.17, 15) is 22.4 Å². The molecule has 5 rings (SSSR count). The fourth-order valence-corrected chi connectivity index (χ4v) is 6.90. The van der Waals surface area contributed by atoms with E-state index < -0.39 is 27.4 Å². The summed E-state index contributed by atoms with van der Waals surface area (Å²) in [4.78, 5) is 28.4. The summed E-state index contributed by atoms with van der Waals surface area (Å²) >= 11 is 0. The summed E-state index contributed by atoms with van der Waals surface area (Å²) in [6, 6.07) is 5.04. The van der Waals surface area contributed by atoms with Gasteiger partial charge < -0.3 is 14.2 Å². The molecule has 10 nitrogen and oxygen atoms in total. The molecule has 36 heavy (non-hydrogen) atoms. The number of carbonyl (C=O) groups is 1. The van der Waals surface area contributed by atoms with E-state index in [2.05, 4.69) is 5.10 Å². The first-order valence-corrected chi connectivity index (χ1v) is 13.5. The van der Waals surface area contributed by atoms with Crippen molar-refractivity contribution in [3.63, 3.8) is 0 Å². The van der Waals surface area contributed by atoms with Crippen LogP contribution >= 0.6 is 0 Å². The van der Waals surface area contributed by atoms with Gasteiger partial charge in [0.15, 0.2) is 11.4 Å². The normalized spacial score (nSPS) is 18.9. The average Bonchev–Trinajstić information content (AvgIpc) is 3.19. The maximum atomic E-state index is 13.7. The summed E-state index contributed by atoms with van der Waals surface area (Å²) in [6.07, 6.45) is 1.31. The number of fused-ring (bicyclic) bond motifs is 3. The Kier molecular flexibility index (Phi) is 6.11. The van der Waals surface area contributed by atoms with Crippen molar-refractivity contribution < 1.29 is 22.3 Å². The van der Waals surface area contributed by atoms with Crippen LogP contribution < -0.4 is 10.3 Å². The maximum Gasteiger partial charge on any atom is 0.280 e. The first-order valence-electron chi connectivity index (χ1n) is 11.8. The van der Waals surface area contributed by atoms with Crippen LogP contribution in [-0.2, 0) is 23.1 Å². The third-order valence-corrected chi connectivity index (χ3v) is 9.03. The molecule has 0 N–H and O–H groups in total.